The number of hydrogen-bond donors (Lipinski definition) is 1. The topological polar surface area (TPSA) is 90.1 Å². The molecule has 1 N–H and O–H groups in total. The van der Waals surface area contributed by atoms with Crippen LogP contribution in [0.4, 0.5) is 0 Å². The van der Waals surface area contributed by atoms with Crippen molar-refractivity contribution in [2.24, 2.45) is 0 Å². The SMILES string of the molecule is CC(C)Oc1cccc(-c2nnnn2CCC(=O)O)c1. The molecule has 0 aliphatic rings. The van der Waals surface area contributed by atoms with Gasteiger partial charge in [-0.15, -0.1) is 5.10 Å². The van der Waals surface area contributed by atoms with E-state index in [2.05, 4.69) is 15.5 Å². The number of carboxylic acids is 1. The molecular formula is C13H16N4O3. The molecule has 2 aromatic rings. The van der Waals surface area contributed by atoms with Crippen LogP contribution in [0.5, 0.6) is 5.75 Å². The molecule has 106 valence electrons. The Bertz CT molecular complexity index is 595. The lowest BCUT2D eigenvalue weighted by atomic mass is 10.2. The van der Waals surface area contributed by atoms with Crippen molar-refractivity contribution in [1.82, 2.24) is 20.2 Å². The Hall–Kier alpha value is -2.44. The molecule has 2 rings (SSSR count). The first kappa shape index (κ1) is 14.0. The molecule has 0 bridgehead atoms. The second-order valence-corrected chi connectivity index (χ2v) is 4.56. The number of aliphatic carboxylic acids is 1. The number of rotatable bonds is 6. The van der Waals surface area contributed by atoms with Crippen LogP contribution in [0.25, 0.3) is 11.4 Å². The van der Waals surface area contributed by atoms with Crippen LogP contribution in [0.1, 0.15) is 20.3 Å². The molecule has 20 heavy (non-hydrogen) atoms. The van der Waals surface area contributed by atoms with E-state index >= 15 is 0 Å². The maximum atomic E-state index is 10.6. The number of hydrogen-bond acceptors (Lipinski definition) is 5. The lowest BCUT2D eigenvalue weighted by Gasteiger charge is -2.10. The van der Waals surface area contributed by atoms with Gasteiger partial charge in [-0.3, -0.25) is 4.79 Å². The maximum Gasteiger partial charge on any atom is 0.305 e. The molecule has 0 aliphatic carbocycles. The molecule has 7 heteroatoms. The smallest absolute Gasteiger partial charge is 0.305 e. The largest absolute Gasteiger partial charge is 0.491 e. The Morgan fingerprint density at radius 3 is 2.95 bits per heavy atom. The first-order chi connectivity index (χ1) is 9.56. The van der Waals surface area contributed by atoms with Crippen molar-refractivity contribution in [2.45, 2.75) is 32.9 Å². The zero-order chi connectivity index (χ0) is 14.5. The van der Waals surface area contributed by atoms with Gasteiger partial charge < -0.3 is 9.84 Å². The molecule has 0 spiro atoms. The number of carbonyl (C=O) groups is 1. The van der Waals surface area contributed by atoms with Gasteiger partial charge in [-0.05, 0) is 36.4 Å². The highest BCUT2D eigenvalue weighted by atomic mass is 16.5. The van der Waals surface area contributed by atoms with E-state index in [1.165, 1.54) is 4.68 Å². The molecule has 0 saturated carbocycles. The fraction of sp³-hybridized carbons (Fsp3) is 0.385. The van der Waals surface area contributed by atoms with Crippen LogP contribution in [0.2, 0.25) is 0 Å². The predicted molar refractivity (Wildman–Crippen MR) is 71.3 cm³/mol. The van der Waals surface area contributed by atoms with Crippen LogP contribution < -0.4 is 4.74 Å². The summed E-state index contributed by atoms with van der Waals surface area (Å²) in [6.45, 7) is 4.13. The van der Waals surface area contributed by atoms with Gasteiger partial charge in [-0.1, -0.05) is 12.1 Å². The Kier molecular flexibility index (Phi) is 4.29. The average Bonchev–Trinajstić information content (AvgIpc) is 2.84. The van der Waals surface area contributed by atoms with Crippen molar-refractivity contribution in [3.05, 3.63) is 24.3 Å². The third-order valence-electron chi connectivity index (χ3n) is 2.53. The number of carboxylic acid groups (broad SMARTS) is 1. The van der Waals surface area contributed by atoms with Crippen molar-refractivity contribution in [3.63, 3.8) is 0 Å². The number of benzene rings is 1. The Morgan fingerprint density at radius 2 is 2.25 bits per heavy atom. The minimum Gasteiger partial charge on any atom is -0.491 e. The van der Waals surface area contributed by atoms with Crippen LogP contribution in [-0.2, 0) is 11.3 Å². The van der Waals surface area contributed by atoms with E-state index in [4.69, 9.17) is 9.84 Å². The zero-order valence-electron chi connectivity index (χ0n) is 11.4. The standard InChI is InChI=1S/C13H16N4O3/c1-9(2)20-11-5-3-4-10(8-11)13-14-15-16-17(13)7-6-12(18)19/h3-5,8-9H,6-7H2,1-2H3,(H,18,19). The monoisotopic (exact) mass is 276 g/mol. The second-order valence-electron chi connectivity index (χ2n) is 4.56. The summed E-state index contributed by atoms with van der Waals surface area (Å²) in [5.74, 6) is 0.370. The third kappa shape index (κ3) is 3.53. The first-order valence-corrected chi connectivity index (χ1v) is 6.31. The lowest BCUT2D eigenvalue weighted by Crippen LogP contribution is -2.08. The van der Waals surface area contributed by atoms with Gasteiger partial charge in [-0.25, -0.2) is 4.68 Å². The normalized spacial score (nSPS) is 10.8. The van der Waals surface area contributed by atoms with Crippen LogP contribution in [0, 0.1) is 0 Å². The average molecular weight is 276 g/mol. The van der Waals surface area contributed by atoms with Gasteiger partial charge in [-0.2, -0.15) is 0 Å². The van der Waals surface area contributed by atoms with E-state index in [1.807, 2.05) is 38.1 Å². The third-order valence-corrected chi connectivity index (χ3v) is 2.53. The molecule has 1 aromatic carbocycles. The molecule has 0 atom stereocenters. The molecule has 1 heterocycles. The Balaban J connectivity index is 2.23. The quantitative estimate of drug-likeness (QED) is 0.861. The molecule has 0 aliphatic heterocycles. The van der Waals surface area contributed by atoms with Crippen LogP contribution in [0.3, 0.4) is 0 Å². The van der Waals surface area contributed by atoms with Gasteiger partial charge in [0.2, 0.25) is 0 Å². The molecule has 0 saturated heterocycles. The minimum atomic E-state index is -0.886. The lowest BCUT2D eigenvalue weighted by molar-refractivity contribution is -0.137. The van der Waals surface area contributed by atoms with Crippen LogP contribution in [0.15, 0.2) is 24.3 Å². The highest BCUT2D eigenvalue weighted by Crippen LogP contribution is 2.22. The van der Waals surface area contributed by atoms with E-state index in [0.29, 0.717) is 5.82 Å². The highest BCUT2D eigenvalue weighted by Gasteiger charge is 2.11. The summed E-state index contributed by atoms with van der Waals surface area (Å²) in [6, 6.07) is 7.40. The van der Waals surface area contributed by atoms with E-state index < -0.39 is 5.97 Å². The Labute approximate surface area is 116 Å². The van der Waals surface area contributed by atoms with Crippen LogP contribution in [-0.4, -0.2) is 37.4 Å². The summed E-state index contributed by atoms with van der Waals surface area (Å²) in [6.07, 6.45) is 0.0495. The van der Waals surface area contributed by atoms with Crippen molar-refractivity contribution < 1.29 is 14.6 Å². The molecule has 7 nitrogen and oxygen atoms in total. The zero-order valence-corrected chi connectivity index (χ0v) is 11.4. The second kappa shape index (κ2) is 6.14. The van der Waals surface area contributed by atoms with Crippen molar-refractivity contribution in [2.75, 3.05) is 0 Å². The van der Waals surface area contributed by atoms with E-state index in [-0.39, 0.29) is 19.1 Å². The summed E-state index contributed by atoms with van der Waals surface area (Å²) in [4.78, 5) is 10.6. The summed E-state index contributed by atoms with van der Waals surface area (Å²) in [5, 5.41) is 20.1. The van der Waals surface area contributed by atoms with E-state index in [9.17, 15) is 4.79 Å². The highest BCUT2D eigenvalue weighted by molar-refractivity contribution is 5.66. The number of tetrazole rings is 1. The van der Waals surface area contributed by atoms with Gasteiger partial charge in [0.05, 0.1) is 19.1 Å². The van der Waals surface area contributed by atoms with Gasteiger partial charge >= 0.3 is 5.97 Å². The number of aromatic nitrogens is 4. The van der Waals surface area contributed by atoms with Gasteiger partial charge in [0.15, 0.2) is 5.82 Å². The van der Waals surface area contributed by atoms with Crippen molar-refractivity contribution in [1.29, 1.82) is 0 Å². The molecule has 1 aromatic heterocycles. The maximum absolute atomic E-state index is 10.6. The van der Waals surface area contributed by atoms with Gasteiger partial charge in [0, 0.05) is 5.56 Å². The summed E-state index contributed by atoms with van der Waals surface area (Å²) >= 11 is 0. The number of ether oxygens (including phenoxy) is 1. The van der Waals surface area contributed by atoms with Crippen molar-refractivity contribution >= 4 is 5.97 Å². The molecular weight excluding hydrogens is 260 g/mol. The van der Waals surface area contributed by atoms with Crippen LogP contribution >= 0.6 is 0 Å². The number of nitrogens with zero attached hydrogens (tertiary/aromatic N) is 4. The van der Waals surface area contributed by atoms with E-state index in [1.54, 1.807) is 0 Å². The molecule has 0 amide bonds. The molecule has 0 fully saturated rings. The minimum absolute atomic E-state index is 0.0276. The van der Waals surface area contributed by atoms with Gasteiger partial charge in [0.1, 0.15) is 5.75 Å². The van der Waals surface area contributed by atoms with Gasteiger partial charge in [0.25, 0.3) is 0 Å². The summed E-state index contributed by atoms with van der Waals surface area (Å²) in [5.41, 5.74) is 0.790. The van der Waals surface area contributed by atoms with Crippen molar-refractivity contribution in [3.8, 4) is 17.1 Å². The summed E-state index contributed by atoms with van der Waals surface area (Å²) < 4.78 is 7.09. The first-order valence-electron chi connectivity index (χ1n) is 6.31. The predicted octanol–water partition coefficient (Wildman–Crippen LogP) is 1.60. The Morgan fingerprint density at radius 1 is 1.45 bits per heavy atom. The molecule has 0 unspecified atom stereocenters. The fourth-order valence-corrected chi connectivity index (χ4v) is 1.74. The van der Waals surface area contributed by atoms with E-state index in [0.717, 1.165) is 11.3 Å². The molecule has 0 radical (unpaired) electrons. The summed E-state index contributed by atoms with van der Waals surface area (Å²) in [7, 11) is 0. The fourth-order valence-electron chi connectivity index (χ4n) is 1.74. The number of aryl methyl sites for hydroxylation is 1.